The van der Waals surface area contributed by atoms with Crippen molar-refractivity contribution < 1.29 is 14.3 Å². The van der Waals surface area contributed by atoms with Gasteiger partial charge in [-0.2, -0.15) is 0 Å². The number of rotatable bonds is 8. The van der Waals surface area contributed by atoms with Crippen LogP contribution in [0.15, 0.2) is 42.5 Å². The molecule has 0 saturated heterocycles. The van der Waals surface area contributed by atoms with Gasteiger partial charge in [-0.1, -0.05) is 48.3 Å². The second-order valence-corrected chi connectivity index (χ2v) is 6.90. The molecule has 0 aliphatic rings. The molecule has 2 aromatic rings. The number of carbonyl (C=O) groups is 1. The van der Waals surface area contributed by atoms with Crippen LogP contribution in [0.1, 0.15) is 30.9 Å². The number of nitrogens with one attached hydrogen (secondary N) is 1. The van der Waals surface area contributed by atoms with E-state index in [1.807, 2.05) is 31.2 Å². The van der Waals surface area contributed by atoms with Gasteiger partial charge in [-0.3, -0.25) is 4.79 Å². The fourth-order valence-electron chi connectivity index (χ4n) is 2.54. The summed E-state index contributed by atoms with van der Waals surface area (Å²) in [6.45, 7) is 4.45. The largest absolute Gasteiger partial charge is 0.497 e. The summed E-state index contributed by atoms with van der Waals surface area (Å²) in [5.74, 6) is 0.572. The van der Waals surface area contributed by atoms with Crippen LogP contribution in [0.5, 0.6) is 5.75 Å². The third kappa shape index (κ3) is 5.63. The zero-order valence-electron chi connectivity index (χ0n) is 15.1. The van der Waals surface area contributed by atoms with Crippen LogP contribution in [-0.2, 0) is 16.1 Å². The van der Waals surface area contributed by atoms with Crippen LogP contribution in [0.2, 0.25) is 10.0 Å². The first-order chi connectivity index (χ1) is 12.4. The molecule has 140 valence electrons. The second kappa shape index (κ2) is 9.81. The Morgan fingerprint density at radius 2 is 1.77 bits per heavy atom. The number of carbonyl (C=O) groups excluding carboxylic acids is 1. The maximum Gasteiger partial charge on any atom is 0.248 e. The zero-order chi connectivity index (χ0) is 19.1. The predicted octanol–water partition coefficient (Wildman–Crippen LogP) is 4.83. The summed E-state index contributed by atoms with van der Waals surface area (Å²) in [5.41, 5.74) is 1.78. The minimum Gasteiger partial charge on any atom is -0.497 e. The van der Waals surface area contributed by atoms with E-state index in [0.29, 0.717) is 23.2 Å². The quantitative estimate of drug-likeness (QED) is 0.696. The van der Waals surface area contributed by atoms with Crippen LogP contribution in [0.25, 0.3) is 0 Å². The van der Waals surface area contributed by atoms with E-state index in [-0.39, 0.29) is 11.8 Å². The lowest BCUT2D eigenvalue weighted by Gasteiger charge is -2.18. The molecule has 0 heterocycles. The fraction of sp³-hybridized carbons (Fsp3) is 0.350. The first kappa shape index (κ1) is 20.6. The molecule has 0 radical (unpaired) electrons. The molecule has 0 saturated carbocycles. The molecule has 0 aliphatic carbocycles. The van der Waals surface area contributed by atoms with Gasteiger partial charge in [0.15, 0.2) is 0 Å². The van der Waals surface area contributed by atoms with E-state index in [4.69, 9.17) is 32.7 Å². The number of amides is 1. The maximum atomic E-state index is 12.3. The highest BCUT2D eigenvalue weighted by molar-refractivity contribution is 6.36. The van der Waals surface area contributed by atoms with Crippen LogP contribution in [0.4, 0.5) is 0 Å². The Labute approximate surface area is 164 Å². The standard InChI is InChI=1S/C20H23Cl2NO3/c1-13(19-17(21)8-5-9-18(19)22)11-23-20(24)14(2)26-12-15-6-4-7-16(10-15)25-3/h4-10,13-14H,11-12H2,1-3H3,(H,23,24). The second-order valence-electron chi connectivity index (χ2n) is 6.09. The van der Waals surface area contributed by atoms with Crippen LogP contribution in [-0.4, -0.2) is 25.7 Å². The van der Waals surface area contributed by atoms with Gasteiger partial charge in [0.2, 0.25) is 5.91 Å². The van der Waals surface area contributed by atoms with E-state index in [1.165, 1.54) is 0 Å². The molecule has 2 unspecified atom stereocenters. The van der Waals surface area contributed by atoms with Crippen molar-refractivity contribution in [3.05, 3.63) is 63.6 Å². The van der Waals surface area contributed by atoms with Crippen LogP contribution < -0.4 is 10.1 Å². The molecule has 0 aliphatic heterocycles. The summed E-state index contributed by atoms with van der Waals surface area (Å²) < 4.78 is 10.8. The molecule has 1 N–H and O–H groups in total. The summed E-state index contributed by atoms with van der Waals surface area (Å²) >= 11 is 12.4. The van der Waals surface area contributed by atoms with Crippen molar-refractivity contribution in [2.75, 3.05) is 13.7 Å². The van der Waals surface area contributed by atoms with Crippen molar-refractivity contribution >= 4 is 29.1 Å². The number of methoxy groups -OCH3 is 1. The third-order valence-electron chi connectivity index (χ3n) is 4.08. The number of hydrogen-bond donors (Lipinski definition) is 1. The van der Waals surface area contributed by atoms with Crippen LogP contribution in [0, 0.1) is 0 Å². The smallest absolute Gasteiger partial charge is 0.248 e. The first-order valence-corrected chi connectivity index (χ1v) is 9.14. The lowest BCUT2D eigenvalue weighted by molar-refractivity contribution is -0.132. The van der Waals surface area contributed by atoms with E-state index < -0.39 is 6.10 Å². The van der Waals surface area contributed by atoms with E-state index in [1.54, 1.807) is 32.2 Å². The molecule has 2 rings (SSSR count). The molecule has 0 spiro atoms. The Morgan fingerprint density at radius 1 is 1.12 bits per heavy atom. The van der Waals surface area contributed by atoms with Gasteiger partial charge in [-0.05, 0) is 42.3 Å². The van der Waals surface area contributed by atoms with Crippen LogP contribution >= 0.6 is 23.2 Å². The third-order valence-corrected chi connectivity index (χ3v) is 4.74. The lowest BCUT2D eigenvalue weighted by Crippen LogP contribution is -2.36. The Balaban J connectivity index is 1.85. The average Bonchev–Trinajstić information content (AvgIpc) is 2.64. The van der Waals surface area contributed by atoms with Crippen molar-refractivity contribution in [3.63, 3.8) is 0 Å². The molecule has 26 heavy (non-hydrogen) atoms. The molecular weight excluding hydrogens is 373 g/mol. The molecule has 0 bridgehead atoms. The van der Waals surface area contributed by atoms with Crippen molar-refractivity contribution in [2.24, 2.45) is 0 Å². The fourth-order valence-corrected chi connectivity index (χ4v) is 3.31. The van der Waals surface area contributed by atoms with Gasteiger partial charge in [0.05, 0.1) is 13.7 Å². The van der Waals surface area contributed by atoms with Gasteiger partial charge < -0.3 is 14.8 Å². The molecule has 2 atom stereocenters. The Morgan fingerprint density at radius 3 is 2.42 bits per heavy atom. The minimum atomic E-state index is -0.574. The van der Waals surface area contributed by atoms with Crippen LogP contribution in [0.3, 0.4) is 0 Å². The minimum absolute atomic E-state index is 0.00858. The van der Waals surface area contributed by atoms with E-state index in [0.717, 1.165) is 16.9 Å². The highest BCUT2D eigenvalue weighted by Gasteiger charge is 2.17. The SMILES string of the molecule is COc1cccc(COC(C)C(=O)NCC(C)c2c(Cl)cccc2Cl)c1. The van der Waals surface area contributed by atoms with Gasteiger partial charge in [-0.25, -0.2) is 0 Å². The topological polar surface area (TPSA) is 47.6 Å². The molecular formula is C20H23Cl2NO3. The van der Waals surface area contributed by atoms with E-state index >= 15 is 0 Å². The number of benzene rings is 2. The van der Waals surface area contributed by atoms with Gasteiger partial charge in [0, 0.05) is 22.5 Å². The first-order valence-electron chi connectivity index (χ1n) is 8.38. The monoisotopic (exact) mass is 395 g/mol. The molecule has 0 aromatic heterocycles. The summed E-state index contributed by atoms with van der Waals surface area (Å²) in [6.07, 6.45) is -0.574. The molecule has 0 fully saturated rings. The molecule has 4 nitrogen and oxygen atoms in total. The summed E-state index contributed by atoms with van der Waals surface area (Å²) in [6, 6.07) is 12.9. The van der Waals surface area contributed by atoms with Gasteiger partial charge >= 0.3 is 0 Å². The number of halogens is 2. The van der Waals surface area contributed by atoms with Gasteiger partial charge in [0.25, 0.3) is 0 Å². The highest BCUT2D eigenvalue weighted by Crippen LogP contribution is 2.30. The Kier molecular flexibility index (Phi) is 7.76. The van der Waals surface area contributed by atoms with Gasteiger partial charge in [0.1, 0.15) is 11.9 Å². The molecule has 6 heteroatoms. The lowest BCUT2D eigenvalue weighted by atomic mass is 10.0. The highest BCUT2D eigenvalue weighted by atomic mass is 35.5. The molecule has 1 amide bonds. The predicted molar refractivity (Wildman–Crippen MR) is 105 cm³/mol. The van der Waals surface area contributed by atoms with Crippen molar-refractivity contribution in [1.82, 2.24) is 5.32 Å². The van der Waals surface area contributed by atoms with Gasteiger partial charge in [-0.15, -0.1) is 0 Å². The summed E-state index contributed by atoms with van der Waals surface area (Å²) in [5, 5.41) is 4.09. The van der Waals surface area contributed by atoms with E-state index in [9.17, 15) is 4.79 Å². The maximum absolute atomic E-state index is 12.3. The number of ether oxygens (including phenoxy) is 2. The number of hydrogen-bond acceptors (Lipinski definition) is 3. The van der Waals surface area contributed by atoms with Crippen molar-refractivity contribution in [3.8, 4) is 5.75 Å². The zero-order valence-corrected chi connectivity index (χ0v) is 16.6. The summed E-state index contributed by atoms with van der Waals surface area (Å²) in [7, 11) is 1.61. The normalized spacial score (nSPS) is 13.1. The summed E-state index contributed by atoms with van der Waals surface area (Å²) in [4.78, 5) is 12.3. The van der Waals surface area contributed by atoms with Crippen molar-refractivity contribution in [1.29, 1.82) is 0 Å². The molecule has 2 aromatic carbocycles. The van der Waals surface area contributed by atoms with Crippen molar-refractivity contribution in [2.45, 2.75) is 32.5 Å². The average molecular weight is 396 g/mol. The Bertz CT molecular complexity index is 731. The van der Waals surface area contributed by atoms with E-state index in [2.05, 4.69) is 5.32 Å². The Hall–Kier alpha value is -1.75.